The minimum absolute atomic E-state index is 0. The summed E-state index contributed by atoms with van der Waals surface area (Å²) in [5.41, 5.74) is 10.0. The molecule has 0 aliphatic carbocycles. The van der Waals surface area contributed by atoms with E-state index in [2.05, 4.69) is 29.5 Å². The maximum Gasteiger partial charge on any atom is 0.193 e. The predicted molar refractivity (Wildman–Crippen MR) is 111 cm³/mol. The van der Waals surface area contributed by atoms with Crippen LogP contribution in [0.15, 0.2) is 47.5 Å². The Balaban J connectivity index is 0.00000288. The molecule has 2 aromatic rings. The van der Waals surface area contributed by atoms with E-state index in [1.807, 2.05) is 24.3 Å². The van der Waals surface area contributed by atoms with Gasteiger partial charge in [-0.1, -0.05) is 12.1 Å². The Hall–Kier alpha value is -1.83. The zero-order valence-corrected chi connectivity index (χ0v) is 16.3. The Morgan fingerprint density at radius 2 is 1.88 bits per heavy atom. The average molecular weight is 442 g/mol. The van der Waals surface area contributed by atoms with Gasteiger partial charge in [-0.25, -0.2) is 4.39 Å². The quantitative estimate of drug-likeness (QED) is 0.271. The molecule has 130 valence electrons. The molecule has 0 unspecified atom stereocenters. The highest BCUT2D eigenvalue weighted by molar-refractivity contribution is 14.0. The number of halogens is 2. The highest BCUT2D eigenvalue weighted by Gasteiger charge is 1.98. The summed E-state index contributed by atoms with van der Waals surface area (Å²) in [6.07, 6.45) is 0.811. The second-order valence-electron chi connectivity index (χ2n) is 5.48. The van der Waals surface area contributed by atoms with E-state index in [-0.39, 0.29) is 29.8 Å². The van der Waals surface area contributed by atoms with Crippen LogP contribution in [0.4, 0.5) is 15.8 Å². The molecule has 4 nitrogen and oxygen atoms in total. The second kappa shape index (κ2) is 10.1. The molecule has 0 atom stereocenters. The molecule has 2 aromatic carbocycles. The molecule has 0 heterocycles. The Morgan fingerprint density at radius 3 is 2.58 bits per heavy atom. The van der Waals surface area contributed by atoms with Crippen molar-refractivity contribution in [3.8, 4) is 0 Å². The molecular formula is C18H24FIN4. The van der Waals surface area contributed by atoms with Gasteiger partial charge in [0.05, 0.1) is 0 Å². The van der Waals surface area contributed by atoms with Crippen LogP contribution < -0.4 is 16.4 Å². The van der Waals surface area contributed by atoms with E-state index in [4.69, 9.17) is 5.73 Å². The van der Waals surface area contributed by atoms with E-state index in [0.717, 1.165) is 17.8 Å². The van der Waals surface area contributed by atoms with Gasteiger partial charge in [0.15, 0.2) is 5.96 Å². The highest BCUT2D eigenvalue weighted by Crippen LogP contribution is 2.13. The number of nitrogens with zero attached hydrogens (tertiary/aromatic N) is 1. The number of guanidine groups is 1. The number of aryl methyl sites for hydroxylation is 2. The van der Waals surface area contributed by atoms with Crippen LogP contribution in [0.2, 0.25) is 0 Å². The zero-order valence-electron chi connectivity index (χ0n) is 14.0. The zero-order chi connectivity index (χ0) is 16.7. The summed E-state index contributed by atoms with van der Waals surface area (Å²) < 4.78 is 13.0. The maximum absolute atomic E-state index is 13.0. The van der Waals surface area contributed by atoms with E-state index in [1.165, 1.54) is 23.3 Å². The predicted octanol–water partition coefficient (Wildman–Crippen LogP) is 4.29. The van der Waals surface area contributed by atoms with Gasteiger partial charge < -0.3 is 16.4 Å². The standard InChI is InChI=1S/C18H23FN4.HI/c1-13-7-8-17(11-14(13)2)23-18(20)22-10-4-9-21-16-6-3-5-15(19)12-16;/h3,5-8,11-12,21H,4,9-10H2,1-2H3,(H3,20,22,23);1H. The number of rotatable bonds is 6. The molecule has 2 rings (SSSR count). The third-order valence-corrected chi connectivity index (χ3v) is 3.55. The van der Waals surface area contributed by atoms with Gasteiger partial charge in [-0.3, -0.25) is 4.99 Å². The summed E-state index contributed by atoms with van der Waals surface area (Å²) in [5.74, 6) is 0.161. The van der Waals surface area contributed by atoms with E-state index in [0.29, 0.717) is 19.0 Å². The second-order valence-corrected chi connectivity index (χ2v) is 5.48. The van der Waals surface area contributed by atoms with Crippen LogP contribution in [0.1, 0.15) is 17.5 Å². The molecule has 0 aliphatic rings. The average Bonchev–Trinajstić information content (AvgIpc) is 2.51. The number of aliphatic imine (C=N–C) groups is 1. The van der Waals surface area contributed by atoms with Crippen molar-refractivity contribution in [2.45, 2.75) is 20.3 Å². The lowest BCUT2D eigenvalue weighted by atomic mass is 10.1. The largest absolute Gasteiger partial charge is 0.385 e. The lowest BCUT2D eigenvalue weighted by Gasteiger charge is -2.08. The van der Waals surface area contributed by atoms with Crippen LogP contribution in [0, 0.1) is 19.7 Å². The van der Waals surface area contributed by atoms with Gasteiger partial charge in [0.25, 0.3) is 0 Å². The number of benzene rings is 2. The topological polar surface area (TPSA) is 62.4 Å². The van der Waals surface area contributed by atoms with E-state index in [9.17, 15) is 4.39 Å². The van der Waals surface area contributed by atoms with Gasteiger partial charge in [-0.05, 0) is 61.7 Å². The Labute approximate surface area is 159 Å². The Bertz CT molecular complexity index is 688. The molecule has 0 radical (unpaired) electrons. The van der Waals surface area contributed by atoms with Crippen LogP contribution in [-0.4, -0.2) is 19.0 Å². The number of anilines is 2. The molecule has 0 fully saturated rings. The number of hydrogen-bond donors (Lipinski definition) is 3. The first-order chi connectivity index (χ1) is 11.0. The summed E-state index contributed by atoms with van der Waals surface area (Å²) in [5, 5.41) is 6.24. The van der Waals surface area contributed by atoms with Crippen molar-refractivity contribution in [2.24, 2.45) is 10.7 Å². The van der Waals surface area contributed by atoms with Crippen molar-refractivity contribution < 1.29 is 4.39 Å². The third kappa shape index (κ3) is 6.74. The van der Waals surface area contributed by atoms with Gasteiger partial charge in [0.2, 0.25) is 0 Å². The molecule has 0 amide bonds. The summed E-state index contributed by atoms with van der Waals surface area (Å²) in [4.78, 5) is 4.29. The first kappa shape index (κ1) is 20.2. The lowest BCUT2D eigenvalue weighted by molar-refractivity contribution is 0.628. The van der Waals surface area contributed by atoms with E-state index >= 15 is 0 Å². The monoisotopic (exact) mass is 442 g/mol. The molecular weight excluding hydrogens is 418 g/mol. The van der Waals surface area contributed by atoms with Gasteiger partial charge in [-0.2, -0.15) is 0 Å². The minimum Gasteiger partial charge on any atom is -0.385 e. The van der Waals surface area contributed by atoms with Gasteiger partial charge in [-0.15, -0.1) is 24.0 Å². The van der Waals surface area contributed by atoms with E-state index < -0.39 is 0 Å². The van der Waals surface area contributed by atoms with Crippen molar-refractivity contribution in [1.82, 2.24) is 0 Å². The summed E-state index contributed by atoms with van der Waals surface area (Å²) >= 11 is 0. The van der Waals surface area contributed by atoms with Crippen molar-refractivity contribution in [1.29, 1.82) is 0 Å². The minimum atomic E-state index is -0.241. The fourth-order valence-electron chi connectivity index (χ4n) is 2.12. The van der Waals surface area contributed by atoms with Gasteiger partial charge in [0.1, 0.15) is 5.82 Å². The summed E-state index contributed by atoms with van der Waals surface area (Å²) in [6, 6.07) is 12.5. The molecule has 6 heteroatoms. The summed E-state index contributed by atoms with van der Waals surface area (Å²) in [6.45, 7) is 5.45. The first-order valence-corrected chi connectivity index (χ1v) is 7.68. The fourth-order valence-corrected chi connectivity index (χ4v) is 2.12. The van der Waals surface area contributed by atoms with Crippen molar-refractivity contribution in [2.75, 3.05) is 23.7 Å². The van der Waals surface area contributed by atoms with Crippen molar-refractivity contribution >= 4 is 41.3 Å². The van der Waals surface area contributed by atoms with Crippen LogP contribution in [0.3, 0.4) is 0 Å². The van der Waals surface area contributed by atoms with Crippen LogP contribution >= 0.6 is 24.0 Å². The van der Waals surface area contributed by atoms with E-state index in [1.54, 1.807) is 6.07 Å². The van der Waals surface area contributed by atoms with Gasteiger partial charge >= 0.3 is 0 Å². The molecule has 0 aromatic heterocycles. The number of nitrogens with two attached hydrogens (primary N) is 1. The molecule has 0 saturated heterocycles. The Morgan fingerprint density at radius 1 is 1.08 bits per heavy atom. The normalized spacial score (nSPS) is 10.9. The molecule has 4 N–H and O–H groups in total. The van der Waals surface area contributed by atoms with Crippen molar-refractivity contribution in [3.05, 3.63) is 59.4 Å². The van der Waals surface area contributed by atoms with Crippen LogP contribution in [-0.2, 0) is 0 Å². The number of nitrogens with one attached hydrogen (secondary N) is 2. The van der Waals surface area contributed by atoms with Crippen LogP contribution in [0.5, 0.6) is 0 Å². The molecule has 0 spiro atoms. The molecule has 24 heavy (non-hydrogen) atoms. The molecule has 0 bridgehead atoms. The van der Waals surface area contributed by atoms with Gasteiger partial charge in [0, 0.05) is 24.5 Å². The highest BCUT2D eigenvalue weighted by atomic mass is 127. The lowest BCUT2D eigenvalue weighted by Crippen LogP contribution is -2.23. The smallest absolute Gasteiger partial charge is 0.193 e. The first-order valence-electron chi connectivity index (χ1n) is 7.68. The maximum atomic E-state index is 13.0. The van der Waals surface area contributed by atoms with Crippen LogP contribution in [0.25, 0.3) is 0 Å². The number of hydrogen-bond acceptors (Lipinski definition) is 2. The Kier molecular flexibility index (Phi) is 8.53. The fraction of sp³-hybridized carbons (Fsp3) is 0.278. The molecule has 0 aliphatic heterocycles. The summed E-state index contributed by atoms with van der Waals surface area (Å²) in [7, 11) is 0. The third-order valence-electron chi connectivity index (χ3n) is 3.55. The molecule has 0 saturated carbocycles. The SMILES string of the molecule is Cc1ccc(NC(N)=NCCCNc2cccc(F)c2)cc1C.I. The van der Waals surface area contributed by atoms with Crippen molar-refractivity contribution in [3.63, 3.8) is 0 Å².